The Kier molecular flexibility index (Phi) is 6.58. The van der Waals surface area contributed by atoms with Crippen molar-refractivity contribution in [3.63, 3.8) is 0 Å². The Morgan fingerprint density at radius 2 is 2.03 bits per heavy atom. The molecular weight excluding hydrogens is 406 g/mol. The van der Waals surface area contributed by atoms with Crippen LogP contribution in [0.5, 0.6) is 0 Å². The third kappa shape index (κ3) is 4.46. The van der Waals surface area contributed by atoms with E-state index < -0.39 is 0 Å². The topological polar surface area (TPSA) is 54.3 Å². The number of nitrogens with one attached hydrogen (secondary N) is 1. The van der Waals surface area contributed by atoms with E-state index in [0.29, 0.717) is 24.6 Å². The Labute approximate surface area is 187 Å². The Morgan fingerprint density at radius 1 is 1.23 bits per heavy atom. The molecule has 1 aromatic carbocycles. The van der Waals surface area contributed by atoms with Crippen molar-refractivity contribution in [3.8, 4) is 0 Å². The number of carbonyl (C=O) groups excluding carboxylic acids is 1. The maximum atomic E-state index is 13.1. The lowest BCUT2D eigenvalue weighted by atomic mass is 10.1. The van der Waals surface area contributed by atoms with Crippen molar-refractivity contribution in [3.05, 3.63) is 68.4 Å². The first kappa shape index (κ1) is 21.8. The van der Waals surface area contributed by atoms with Gasteiger partial charge in [-0.15, -0.1) is 11.3 Å². The van der Waals surface area contributed by atoms with E-state index in [0.717, 1.165) is 42.3 Å². The number of aryl methyl sites for hydroxylation is 1. The number of nitrogens with zero attached hydrogens (tertiary/aromatic N) is 2. The molecule has 1 atom stereocenters. The molecule has 6 heteroatoms. The number of rotatable bonds is 7. The Bertz CT molecular complexity index is 1110. The molecule has 3 heterocycles. The van der Waals surface area contributed by atoms with Crippen LogP contribution in [0.1, 0.15) is 53.3 Å². The van der Waals surface area contributed by atoms with Gasteiger partial charge in [-0.1, -0.05) is 32.0 Å². The van der Waals surface area contributed by atoms with Gasteiger partial charge in [0.1, 0.15) is 5.56 Å². The third-order valence-corrected chi connectivity index (χ3v) is 7.50. The van der Waals surface area contributed by atoms with Gasteiger partial charge in [0.05, 0.1) is 6.54 Å². The molecule has 1 aliphatic rings. The molecule has 0 bridgehead atoms. The lowest BCUT2D eigenvalue weighted by Crippen LogP contribution is -2.37. The average Bonchev–Trinajstić information content (AvgIpc) is 3.39. The standard InChI is InChI=1S/C25H31N3O2S/c1-4-21-24(25(30)26-15-20-14-18-9-6-7-11-23(18)31-20)22(29)13-17(3)28(21)16-19-10-8-12-27(19)5-2/h6-7,9,11,13-14,19H,4-5,8,10,12,15-16H2,1-3H3,(H,26,30)/t19-/m0/s1. The van der Waals surface area contributed by atoms with Crippen LogP contribution in [0, 0.1) is 6.92 Å². The third-order valence-electron chi connectivity index (χ3n) is 6.39. The Morgan fingerprint density at radius 3 is 2.77 bits per heavy atom. The smallest absolute Gasteiger partial charge is 0.257 e. The monoisotopic (exact) mass is 437 g/mol. The number of aromatic nitrogens is 1. The van der Waals surface area contributed by atoms with Crippen LogP contribution in [0.15, 0.2) is 41.2 Å². The van der Waals surface area contributed by atoms with Gasteiger partial charge in [0.25, 0.3) is 5.91 Å². The Hall–Kier alpha value is -2.44. The van der Waals surface area contributed by atoms with Crippen LogP contribution < -0.4 is 10.7 Å². The highest BCUT2D eigenvalue weighted by Crippen LogP contribution is 2.25. The lowest BCUT2D eigenvalue weighted by molar-refractivity contribution is 0.0948. The number of pyridine rings is 1. The van der Waals surface area contributed by atoms with E-state index in [1.165, 1.54) is 16.5 Å². The highest BCUT2D eigenvalue weighted by Gasteiger charge is 2.26. The van der Waals surface area contributed by atoms with Gasteiger partial charge >= 0.3 is 0 Å². The molecular formula is C25H31N3O2S. The molecule has 4 rings (SSSR count). The maximum Gasteiger partial charge on any atom is 0.257 e. The number of fused-ring (bicyclic) bond motifs is 1. The summed E-state index contributed by atoms with van der Waals surface area (Å²) in [6, 6.07) is 12.4. The van der Waals surface area contributed by atoms with E-state index in [2.05, 4.69) is 39.9 Å². The van der Waals surface area contributed by atoms with Crippen LogP contribution in [0.25, 0.3) is 10.1 Å². The van der Waals surface area contributed by atoms with E-state index >= 15 is 0 Å². The van der Waals surface area contributed by atoms with Crippen LogP contribution in [0.3, 0.4) is 0 Å². The molecule has 31 heavy (non-hydrogen) atoms. The number of benzene rings is 1. The quantitative estimate of drug-likeness (QED) is 0.598. The summed E-state index contributed by atoms with van der Waals surface area (Å²) in [5, 5.41) is 4.18. The average molecular weight is 438 g/mol. The fraction of sp³-hybridized carbons (Fsp3) is 0.440. The summed E-state index contributed by atoms with van der Waals surface area (Å²) in [6.07, 6.45) is 3.03. The van der Waals surface area contributed by atoms with Gasteiger partial charge in [-0.2, -0.15) is 0 Å². The summed E-state index contributed by atoms with van der Waals surface area (Å²) in [6.45, 7) is 9.63. The number of amides is 1. The number of hydrogen-bond acceptors (Lipinski definition) is 4. The predicted molar refractivity (Wildman–Crippen MR) is 128 cm³/mol. The van der Waals surface area contributed by atoms with Crippen molar-refractivity contribution in [2.75, 3.05) is 13.1 Å². The first-order valence-corrected chi connectivity index (χ1v) is 12.1. The number of carbonyl (C=O) groups is 1. The number of thiophene rings is 1. The van der Waals surface area contributed by atoms with E-state index in [1.54, 1.807) is 17.4 Å². The first-order valence-electron chi connectivity index (χ1n) is 11.2. The van der Waals surface area contributed by atoms with Gasteiger partial charge in [-0.3, -0.25) is 14.5 Å². The Balaban J connectivity index is 1.58. The summed E-state index contributed by atoms with van der Waals surface area (Å²) in [4.78, 5) is 29.6. The SMILES string of the molecule is CCc1c(C(=O)NCc2cc3ccccc3s2)c(=O)cc(C)n1C[C@@H]1CCCN1CC. The summed E-state index contributed by atoms with van der Waals surface area (Å²) in [5.74, 6) is -0.271. The highest BCUT2D eigenvalue weighted by atomic mass is 32.1. The molecule has 164 valence electrons. The fourth-order valence-electron chi connectivity index (χ4n) is 4.80. The summed E-state index contributed by atoms with van der Waals surface area (Å²) >= 11 is 1.67. The molecule has 1 aliphatic heterocycles. The second kappa shape index (κ2) is 9.37. The van der Waals surface area contributed by atoms with Crippen molar-refractivity contribution in [1.82, 2.24) is 14.8 Å². The molecule has 1 fully saturated rings. The minimum atomic E-state index is -0.271. The minimum Gasteiger partial charge on any atom is -0.347 e. The van der Waals surface area contributed by atoms with Gasteiger partial charge in [0.2, 0.25) is 0 Å². The number of likely N-dealkylation sites (N-methyl/N-ethyl adjacent to an activating group) is 1. The van der Waals surface area contributed by atoms with Crippen molar-refractivity contribution in [1.29, 1.82) is 0 Å². The molecule has 5 nitrogen and oxygen atoms in total. The van der Waals surface area contributed by atoms with Gasteiger partial charge < -0.3 is 9.88 Å². The van der Waals surface area contributed by atoms with Crippen molar-refractivity contribution in [2.24, 2.45) is 0 Å². The van der Waals surface area contributed by atoms with E-state index in [1.807, 2.05) is 26.0 Å². The zero-order chi connectivity index (χ0) is 22.0. The van der Waals surface area contributed by atoms with Crippen LogP contribution in [-0.4, -0.2) is 34.5 Å². The molecule has 0 aliphatic carbocycles. The fourth-order valence-corrected chi connectivity index (χ4v) is 5.81. The largest absolute Gasteiger partial charge is 0.347 e. The van der Waals surface area contributed by atoms with Crippen molar-refractivity contribution < 1.29 is 4.79 Å². The van der Waals surface area contributed by atoms with Crippen LogP contribution in [0.2, 0.25) is 0 Å². The van der Waals surface area contributed by atoms with E-state index in [9.17, 15) is 9.59 Å². The highest BCUT2D eigenvalue weighted by molar-refractivity contribution is 7.19. The number of likely N-dealkylation sites (tertiary alicyclic amines) is 1. The first-order chi connectivity index (χ1) is 15.0. The normalized spacial score (nSPS) is 16.8. The summed E-state index contributed by atoms with van der Waals surface area (Å²) in [5.41, 5.74) is 1.90. The molecule has 0 saturated carbocycles. The minimum absolute atomic E-state index is 0.182. The van der Waals surface area contributed by atoms with Crippen LogP contribution >= 0.6 is 11.3 Å². The zero-order valence-corrected chi connectivity index (χ0v) is 19.4. The molecule has 0 radical (unpaired) electrons. The van der Waals surface area contributed by atoms with Gasteiger partial charge in [-0.05, 0) is 56.8 Å². The zero-order valence-electron chi connectivity index (χ0n) is 18.6. The van der Waals surface area contributed by atoms with E-state index in [-0.39, 0.29) is 11.3 Å². The summed E-state index contributed by atoms with van der Waals surface area (Å²) in [7, 11) is 0. The molecule has 1 amide bonds. The summed E-state index contributed by atoms with van der Waals surface area (Å²) < 4.78 is 3.41. The van der Waals surface area contributed by atoms with Crippen molar-refractivity contribution >= 4 is 27.3 Å². The second-order valence-electron chi connectivity index (χ2n) is 8.29. The molecule has 0 spiro atoms. The molecule has 2 aromatic heterocycles. The second-order valence-corrected chi connectivity index (χ2v) is 9.46. The predicted octanol–water partition coefficient (Wildman–Crippen LogP) is 4.35. The van der Waals surface area contributed by atoms with Crippen molar-refractivity contribution in [2.45, 2.75) is 59.2 Å². The lowest BCUT2D eigenvalue weighted by Gasteiger charge is -2.27. The van der Waals surface area contributed by atoms with Crippen LogP contribution in [0.4, 0.5) is 0 Å². The van der Waals surface area contributed by atoms with E-state index in [4.69, 9.17) is 0 Å². The van der Waals surface area contributed by atoms with Gasteiger partial charge in [0.15, 0.2) is 5.43 Å². The number of hydrogen-bond donors (Lipinski definition) is 1. The maximum absolute atomic E-state index is 13.1. The van der Waals surface area contributed by atoms with Crippen LogP contribution in [-0.2, 0) is 19.5 Å². The molecule has 1 saturated heterocycles. The molecule has 1 N–H and O–H groups in total. The molecule has 3 aromatic rings. The van der Waals surface area contributed by atoms with Gasteiger partial charge in [-0.25, -0.2) is 0 Å². The van der Waals surface area contributed by atoms with Gasteiger partial charge in [0, 0.05) is 39.6 Å². The molecule has 0 unspecified atom stereocenters.